The largest absolute Gasteiger partial charge is 0.494 e. The van der Waals surface area contributed by atoms with E-state index < -0.39 is 11.7 Å². The summed E-state index contributed by atoms with van der Waals surface area (Å²) in [5.41, 5.74) is 2.48. The highest BCUT2D eigenvalue weighted by atomic mass is 35.5. The van der Waals surface area contributed by atoms with Gasteiger partial charge in [0, 0.05) is 31.8 Å². The fourth-order valence-corrected chi connectivity index (χ4v) is 3.93. The number of aromatic nitrogens is 4. The minimum atomic E-state index is -0.623. The van der Waals surface area contributed by atoms with Crippen LogP contribution >= 0.6 is 11.6 Å². The number of benzene rings is 1. The van der Waals surface area contributed by atoms with Gasteiger partial charge in [-0.15, -0.1) is 0 Å². The molecule has 0 aliphatic rings. The van der Waals surface area contributed by atoms with Gasteiger partial charge in [0.2, 0.25) is 0 Å². The number of nitrogens with one attached hydrogen (secondary N) is 1. The monoisotopic (exact) mass is 525 g/mol. The Hall–Kier alpha value is -4.02. The number of methoxy groups -OCH3 is 2. The fraction of sp³-hybridized carbons (Fsp3) is 0.231. The second-order valence-electron chi connectivity index (χ2n) is 8.18. The Bertz CT molecular complexity index is 1450. The summed E-state index contributed by atoms with van der Waals surface area (Å²) in [5, 5.41) is 7.34. The molecule has 9 nitrogen and oxygen atoms in total. The van der Waals surface area contributed by atoms with Crippen molar-refractivity contribution < 1.29 is 18.7 Å². The number of nitrogens with zero attached hydrogens (tertiary/aromatic N) is 4. The van der Waals surface area contributed by atoms with Crippen molar-refractivity contribution in [3.8, 4) is 5.75 Å². The van der Waals surface area contributed by atoms with Gasteiger partial charge in [0.1, 0.15) is 10.7 Å². The number of halogens is 2. The first-order valence-corrected chi connectivity index (χ1v) is 11.7. The maximum absolute atomic E-state index is 14.4. The molecule has 0 fully saturated rings. The lowest BCUT2D eigenvalue weighted by Gasteiger charge is -2.08. The van der Waals surface area contributed by atoms with E-state index in [4.69, 9.17) is 21.1 Å². The van der Waals surface area contributed by atoms with Crippen molar-refractivity contribution in [3.63, 3.8) is 0 Å². The quantitative estimate of drug-likeness (QED) is 0.340. The molecule has 0 unspecified atom stereocenters. The molecule has 192 valence electrons. The average Bonchev–Trinajstić information content (AvgIpc) is 3.29. The van der Waals surface area contributed by atoms with Crippen molar-refractivity contribution in [2.75, 3.05) is 14.2 Å². The summed E-state index contributed by atoms with van der Waals surface area (Å²) in [6.45, 7) is 0.825. The maximum Gasteiger partial charge on any atom is 0.269 e. The summed E-state index contributed by atoms with van der Waals surface area (Å²) < 4.78 is 27.7. The van der Waals surface area contributed by atoms with Crippen LogP contribution in [0.25, 0.3) is 0 Å². The van der Waals surface area contributed by atoms with Gasteiger partial charge in [-0.05, 0) is 23.3 Å². The Morgan fingerprint density at radius 3 is 2.51 bits per heavy atom. The van der Waals surface area contributed by atoms with E-state index in [9.17, 15) is 14.0 Å². The van der Waals surface area contributed by atoms with Gasteiger partial charge in [-0.1, -0.05) is 35.9 Å². The lowest BCUT2D eigenvalue weighted by molar-refractivity contribution is 0.0945. The maximum atomic E-state index is 14.4. The summed E-state index contributed by atoms with van der Waals surface area (Å²) in [6, 6.07) is 12.4. The lowest BCUT2D eigenvalue weighted by Crippen LogP contribution is -2.24. The van der Waals surface area contributed by atoms with Gasteiger partial charge in [-0.25, -0.2) is 4.39 Å². The zero-order valence-corrected chi connectivity index (χ0v) is 21.0. The van der Waals surface area contributed by atoms with Crippen LogP contribution in [0.15, 0.2) is 65.8 Å². The number of hydrogen-bond donors (Lipinski definition) is 1. The molecule has 4 aromatic rings. The Labute approximate surface area is 217 Å². The normalized spacial score (nSPS) is 10.9. The van der Waals surface area contributed by atoms with Crippen molar-refractivity contribution in [3.05, 3.63) is 110 Å². The molecular weight excluding hydrogens is 501 g/mol. The molecular formula is C26H25ClFN5O4. The molecule has 0 aliphatic heterocycles. The van der Waals surface area contributed by atoms with E-state index in [2.05, 4.69) is 15.4 Å². The van der Waals surface area contributed by atoms with E-state index in [-0.39, 0.29) is 35.2 Å². The first-order valence-electron chi connectivity index (χ1n) is 11.3. The Balaban J connectivity index is 1.45. The lowest BCUT2D eigenvalue weighted by atomic mass is 10.1. The van der Waals surface area contributed by atoms with Crippen molar-refractivity contribution in [2.45, 2.75) is 26.2 Å². The highest BCUT2D eigenvalue weighted by Crippen LogP contribution is 2.18. The highest BCUT2D eigenvalue weighted by molar-refractivity contribution is 6.30. The van der Waals surface area contributed by atoms with Crippen LogP contribution in [0.1, 0.15) is 32.9 Å². The molecule has 0 radical (unpaired) electrons. The SMILES string of the molecule is COCc1nn(Cc2ccc(Cn3cccc(Cl)c3=O)cc2)cc1C(=O)NCc1nccc(OC)c1F. The third-order valence-electron chi connectivity index (χ3n) is 5.62. The first kappa shape index (κ1) is 26.1. The van der Waals surface area contributed by atoms with Crippen molar-refractivity contribution in [1.82, 2.24) is 24.6 Å². The topological polar surface area (TPSA) is 100 Å². The molecule has 3 heterocycles. The molecule has 1 aromatic carbocycles. The fourth-order valence-electron chi connectivity index (χ4n) is 3.75. The van der Waals surface area contributed by atoms with Gasteiger partial charge >= 0.3 is 0 Å². The van der Waals surface area contributed by atoms with Crippen molar-refractivity contribution in [2.24, 2.45) is 0 Å². The molecule has 0 spiro atoms. The van der Waals surface area contributed by atoms with E-state index >= 15 is 0 Å². The molecule has 0 aliphatic carbocycles. The highest BCUT2D eigenvalue weighted by Gasteiger charge is 2.18. The zero-order chi connectivity index (χ0) is 26.4. The Morgan fingerprint density at radius 2 is 1.81 bits per heavy atom. The van der Waals surface area contributed by atoms with E-state index in [0.717, 1.165) is 11.1 Å². The number of ether oxygens (including phenoxy) is 2. The van der Waals surface area contributed by atoms with Gasteiger partial charge in [0.25, 0.3) is 11.5 Å². The summed E-state index contributed by atoms with van der Waals surface area (Å²) in [6.07, 6.45) is 4.73. The summed E-state index contributed by atoms with van der Waals surface area (Å²) in [5.74, 6) is -0.996. The van der Waals surface area contributed by atoms with E-state index in [1.165, 1.54) is 26.5 Å². The van der Waals surface area contributed by atoms with Crippen LogP contribution in [0.4, 0.5) is 4.39 Å². The molecule has 11 heteroatoms. The third-order valence-corrected chi connectivity index (χ3v) is 5.91. The van der Waals surface area contributed by atoms with Gasteiger partial charge in [0.15, 0.2) is 11.6 Å². The molecule has 4 rings (SSSR count). The average molecular weight is 526 g/mol. The summed E-state index contributed by atoms with van der Waals surface area (Å²) >= 11 is 5.92. The van der Waals surface area contributed by atoms with Crippen LogP contribution in [0.2, 0.25) is 5.02 Å². The van der Waals surface area contributed by atoms with E-state index in [1.54, 1.807) is 33.8 Å². The van der Waals surface area contributed by atoms with E-state index in [0.29, 0.717) is 24.3 Å². The van der Waals surface area contributed by atoms with Gasteiger partial charge in [0.05, 0.1) is 44.6 Å². The summed E-state index contributed by atoms with van der Waals surface area (Å²) in [7, 11) is 2.88. The van der Waals surface area contributed by atoms with Crippen LogP contribution in [-0.4, -0.2) is 39.5 Å². The Morgan fingerprint density at radius 1 is 1.08 bits per heavy atom. The predicted octanol–water partition coefficient (Wildman–Crippen LogP) is 3.41. The second-order valence-corrected chi connectivity index (χ2v) is 8.59. The minimum Gasteiger partial charge on any atom is -0.494 e. The number of rotatable bonds is 10. The van der Waals surface area contributed by atoms with E-state index in [1.807, 2.05) is 24.3 Å². The van der Waals surface area contributed by atoms with Crippen molar-refractivity contribution >= 4 is 17.5 Å². The molecule has 1 N–H and O–H groups in total. The third kappa shape index (κ3) is 6.22. The van der Waals surface area contributed by atoms with Crippen LogP contribution < -0.4 is 15.6 Å². The zero-order valence-electron chi connectivity index (χ0n) is 20.3. The number of amides is 1. The standard InChI is InChI=1S/C26H25ClFN5O4/c1-36-16-22-19(25(34)30-12-21-24(28)23(37-2)9-10-29-21)15-33(31-22)14-18-7-5-17(6-8-18)13-32-11-3-4-20(27)26(32)35/h3-11,15H,12-14,16H2,1-2H3,(H,30,34). The van der Waals surface area contributed by atoms with Gasteiger partial charge in [-0.3, -0.25) is 19.3 Å². The second kappa shape index (κ2) is 11.8. The van der Waals surface area contributed by atoms with Crippen LogP contribution in [0.5, 0.6) is 5.75 Å². The summed E-state index contributed by atoms with van der Waals surface area (Å²) in [4.78, 5) is 29.0. The molecule has 3 aromatic heterocycles. The van der Waals surface area contributed by atoms with Crippen LogP contribution in [0, 0.1) is 5.82 Å². The molecule has 0 atom stereocenters. The number of carbonyl (C=O) groups is 1. The molecule has 0 saturated heterocycles. The van der Waals surface area contributed by atoms with Gasteiger partial charge in [-0.2, -0.15) is 5.10 Å². The predicted molar refractivity (Wildman–Crippen MR) is 135 cm³/mol. The molecule has 1 amide bonds. The number of carbonyl (C=O) groups excluding carboxylic acids is 1. The van der Waals surface area contributed by atoms with Crippen LogP contribution in [0.3, 0.4) is 0 Å². The van der Waals surface area contributed by atoms with Gasteiger partial charge < -0.3 is 19.4 Å². The molecule has 0 saturated carbocycles. The first-order chi connectivity index (χ1) is 17.9. The smallest absolute Gasteiger partial charge is 0.269 e. The molecule has 37 heavy (non-hydrogen) atoms. The molecule has 0 bridgehead atoms. The minimum absolute atomic E-state index is 0.0535. The Kier molecular flexibility index (Phi) is 8.32. The van der Waals surface area contributed by atoms with Crippen molar-refractivity contribution in [1.29, 1.82) is 0 Å². The number of hydrogen-bond acceptors (Lipinski definition) is 6. The van der Waals surface area contributed by atoms with Crippen LogP contribution in [-0.2, 0) is 31.0 Å². The number of pyridine rings is 2.